The normalized spacial score (nSPS) is 17.6. The van der Waals surface area contributed by atoms with E-state index in [4.69, 9.17) is 4.74 Å². The van der Waals surface area contributed by atoms with Crippen molar-refractivity contribution in [2.24, 2.45) is 0 Å². The number of nitrogens with zero attached hydrogens (tertiary/aromatic N) is 1. The van der Waals surface area contributed by atoms with E-state index in [0.717, 1.165) is 18.8 Å². The van der Waals surface area contributed by atoms with Gasteiger partial charge in [-0.2, -0.15) is 0 Å². The van der Waals surface area contributed by atoms with E-state index >= 15 is 0 Å². The zero-order chi connectivity index (χ0) is 17.0. The minimum absolute atomic E-state index is 0.312. The summed E-state index contributed by atoms with van der Waals surface area (Å²) >= 11 is 2.31. The summed E-state index contributed by atoms with van der Waals surface area (Å²) in [6.45, 7) is 5.01. The summed E-state index contributed by atoms with van der Waals surface area (Å²) < 4.78 is 7.05. The van der Waals surface area contributed by atoms with Crippen LogP contribution in [0.4, 0.5) is 0 Å². The van der Waals surface area contributed by atoms with Crippen LogP contribution in [0.3, 0.4) is 0 Å². The minimum Gasteiger partial charge on any atom is -0.491 e. The lowest BCUT2D eigenvalue weighted by Gasteiger charge is -2.28. The van der Waals surface area contributed by atoms with Crippen LogP contribution in [0, 0.1) is 3.57 Å². The predicted molar refractivity (Wildman–Crippen MR) is 106 cm³/mol. The van der Waals surface area contributed by atoms with E-state index in [9.17, 15) is 5.11 Å². The van der Waals surface area contributed by atoms with Crippen LogP contribution in [0.15, 0.2) is 48.5 Å². The van der Waals surface area contributed by atoms with Crippen LogP contribution in [0.2, 0.25) is 0 Å². The second-order valence-corrected chi connectivity index (χ2v) is 8.05. The first-order valence-electron chi connectivity index (χ1n) is 8.45. The smallest absolute Gasteiger partial charge is 0.119 e. The molecule has 1 N–H and O–H groups in total. The molecule has 24 heavy (non-hydrogen) atoms. The molecular formula is C20H24INO2. The molecule has 0 spiro atoms. The predicted octanol–water partition coefficient (Wildman–Crippen LogP) is 4.18. The van der Waals surface area contributed by atoms with Crippen molar-refractivity contribution in [1.29, 1.82) is 0 Å². The van der Waals surface area contributed by atoms with Gasteiger partial charge in [-0.3, -0.25) is 0 Å². The first-order chi connectivity index (χ1) is 11.5. The number of β-amino-alcohol motifs (C(OH)–C–C–N with tert-alkyl or cyclic N) is 1. The fourth-order valence-electron chi connectivity index (χ4n) is 3.09. The van der Waals surface area contributed by atoms with Gasteiger partial charge in [-0.1, -0.05) is 24.3 Å². The Labute approximate surface area is 157 Å². The van der Waals surface area contributed by atoms with Crippen LogP contribution >= 0.6 is 22.6 Å². The quantitative estimate of drug-likeness (QED) is 0.689. The zero-order valence-electron chi connectivity index (χ0n) is 14.0. The molecule has 1 saturated heterocycles. The number of hydrogen-bond donors (Lipinski definition) is 1. The van der Waals surface area contributed by atoms with Gasteiger partial charge in [0.2, 0.25) is 0 Å². The lowest BCUT2D eigenvalue weighted by molar-refractivity contribution is -0.0127. The molecule has 0 bridgehead atoms. The van der Waals surface area contributed by atoms with Crippen molar-refractivity contribution in [3.05, 3.63) is 52.1 Å². The van der Waals surface area contributed by atoms with Crippen LogP contribution in [0.1, 0.15) is 19.8 Å². The molecule has 2 aromatic carbocycles. The summed E-state index contributed by atoms with van der Waals surface area (Å²) in [7, 11) is 0. The Bertz CT molecular complexity index is 646. The maximum absolute atomic E-state index is 10.5. The fourth-order valence-corrected chi connectivity index (χ4v) is 3.45. The lowest BCUT2D eigenvalue weighted by Crippen LogP contribution is -2.44. The van der Waals surface area contributed by atoms with E-state index in [1.165, 1.54) is 27.5 Å². The monoisotopic (exact) mass is 437 g/mol. The van der Waals surface area contributed by atoms with Crippen LogP contribution in [0.25, 0.3) is 11.1 Å². The van der Waals surface area contributed by atoms with Gasteiger partial charge in [-0.05, 0) is 90.8 Å². The Hall–Kier alpha value is -1.11. The summed E-state index contributed by atoms with van der Waals surface area (Å²) in [5, 5.41) is 10.5. The SMILES string of the molecule is CC(O)(COc1ccc(-c2ccc(I)cc2)cc1)CN1CCCC1. The second kappa shape index (κ2) is 7.85. The van der Waals surface area contributed by atoms with Crippen LogP contribution in [0.5, 0.6) is 5.75 Å². The topological polar surface area (TPSA) is 32.7 Å². The molecule has 1 aliphatic heterocycles. The molecule has 2 aromatic rings. The molecule has 128 valence electrons. The first-order valence-corrected chi connectivity index (χ1v) is 9.53. The van der Waals surface area contributed by atoms with E-state index in [0.29, 0.717) is 13.2 Å². The average Bonchev–Trinajstić information content (AvgIpc) is 3.06. The Morgan fingerprint density at radius 2 is 1.54 bits per heavy atom. The van der Waals surface area contributed by atoms with Gasteiger partial charge in [-0.25, -0.2) is 0 Å². The number of likely N-dealkylation sites (tertiary alicyclic amines) is 1. The summed E-state index contributed by atoms with van der Waals surface area (Å²) in [6.07, 6.45) is 2.47. The molecule has 1 heterocycles. The molecule has 3 nitrogen and oxygen atoms in total. The average molecular weight is 437 g/mol. The Morgan fingerprint density at radius 1 is 1.00 bits per heavy atom. The highest BCUT2D eigenvalue weighted by molar-refractivity contribution is 14.1. The molecule has 1 aliphatic rings. The third kappa shape index (κ3) is 4.94. The van der Waals surface area contributed by atoms with Crippen molar-refractivity contribution in [1.82, 2.24) is 4.90 Å². The highest BCUT2D eigenvalue weighted by atomic mass is 127. The Morgan fingerprint density at radius 3 is 2.12 bits per heavy atom. The van der Waals surface area contributed by atoms with Crippen molar-refractivity contribution in [3.63, 3.8) is 0 Å². The summed E-state index contributed by atoms with van der Waals surface area (Å²) in [4.78, 5) is 2.31. The van der Waals surface area contributed by atoms with Gasteiger partial charge in [0, 0.05) is 10.1 Å². The third-order valence-electron chi connectivity index (χ3n) is 4.34. The molecule has 4 heteroatoms. The molecule has 0 amide bonds. The van der Waals surface area contributed by atoms with E-state index < -0.39 is 5.60 Å². The highest BCUT2D eigenvalue weighted by Gasteiger charge is 2.26. The summed E-state index contributed by atoms with van der Waals surface area (Å²) in [6, 6.07) is 16.5. The number of benzene rings is 2. The summed E-state index contributed by atoms with van der Waals surface area (Å²) in [5.41, 5.74) is 1.55. The van der Waals surface area contributed by atoms with E-state index in [1.54, 1.807) is 0 Å². The molecule has 0 saturated carbocycles. The van der Waals surface area contributed by atoms with Crippen molar-refractivity contribution in [2.45, 2.75) is 25.4 Å². The van der Waals surface area contributed by atoms with Crippen molar-refractivity contribution < 1.29 is 9.84 Å². The van der Waals surface area contributed by atoms with Crippen LogP contribution < -0.4 is 4.74 Å². The minimum atomic E-state index is -0.820. The van der Waals surface area contributed by atoms with Crippen molar-refractivity contribution in [2.75, 3.05) is 26.2 Å². The number of halogens is 1. The lowest BCUT2D eigenvalue weighted by atomic mass is 10.1. The van der Waals surface area contributed by atoms with Gasteiger partial charge in [0.15, 0.2) is 0 Å². The first kappa shape index (κ1) is 17.7. The molecule has 0 radical (unpaired) electrons. The number of hydrogen-bond acceptors (Lipinski definition) is 3. The Balaban J connectivity index is 1.56. The molecule has 1 atom stereocenters. The largest absolute Gasteiger partial charge is 0.491 e. The van der Waals surface area contributed by atoms with Gasteiger partial charge >= 0.3 is 0 Å². The molecule has 0 aliphatic carbocycles. The standard InChI is InChI=1S/C20H24INO2/c1-20(23,14-22-12-2-3-13-22)15-24-19-10-6-17(7-11-19)16-4-8-18(21)9-5-16/h4-11,23H,2-3,12-15H2,1H3. The number of ether oxygens (including phenoxy) is 1. The van der Waals surface area contributed by atoms with Gasteiger partial charge in [-0.15, -0.1) is 0 Å². The van der Waals surface area contributed by atoms with Gasteiger partial charge in [0.25, 0.3) is 0 Å². The maximum Gasteiger partial charge on any atom is 0.119 e. The van der Waals surface area contributed by atoms with Gasteiger partial charge in [0.05, 0.1) is 0 Å². The second-order valence-electron chi connectivity index (χ2n) is 6.80. The van der Waals surface area contributed by atoms with Crippen LogP contribution in [-0.2, 0) is 0 Å². The molecule has 0 aromatic heterocycles. The van der Waals surface area contributed by atoms with Gasteiger partial charge < -0.3 is 14.7 Å². The molecular weight excluding hydrogens is 413 g/mol. The van der Waals surface area contributed by atoms with E-state index in [2.05, 4.69) is 63.9 Å². The van der Waals surface area contributed by atoms with Crippen molar-refractivity contribution >= 4 is 22.6 Å². The number of rotatable bonds is 6. The van der Waals surface area contributed by atoms with E-state index in [1.807, 2.05) is 19.1 Å². The van der Waals surface area contributed by atoms with Gasteiger partial charge in [0.1, 0.15) is 18.0 Å². The third-order valence-corrected chi connectivity index (χ3v) is 5.06. The van der Waals surface area contributed by atoms with E-state index in [-0.39, 0.29) is 0 Å². The maximum atomic E-state index is 10.5. The van der Waals surface area contributed by atoms with Crippen molar-refractivity contribution in [3.8, 4) is 16.9 Å². The summed E-state index contributed by atoms with van der Waals surface area (Å²) in [5.74, 6) is 0.797. The molecule has 1 unspecified atom stereocenters. The zero-order valence-corrected chi connectivity index (χ0v) is 16.2. The van der Waals surface area contributed by atoms with Crippen LogP contribution in [-0.4, -0.2) is 41.8 Å². The molecule has 1 fully saturated rings. The molecule has 3 rings (SSSR count). The highest BCUT2D eigenvalue weighted by Crippen LogP contribution is 2.24. The Kier molecular flexibility index (Phi) is 5.79. The fraction of sp³-hybridized carbons (Fsp3) is 0.400. The number of aliphatic hydroxyl groups is 1.